The van der Waals surface area contributed by atoms with Crippen molar-refractivity contribution in [2.45, 2.75) is 40.7 Å². The Hall–Kier alpha value is -0.820. The van der Waals surface area contributed by atoms with Crippen LogP contribution in [0.5, 0.6) is 0 Å². The number of benzene rings is 1. The molecule has 1 aliphatic heterocycles. The van der Waals surface area contributed by atoms with Gasteiger partial charge in [0.1, 0.15) is 0 Å². The molecule has 0 bridgehead atoms. The number of rotatable bonds is 0. The Bertz CT molecular complexity index is 377. The Kier molecular flexibility index (Phi) is 2.59. The molecule has 0 saturated heterocycles. The minimum atomic E-state index is 0.380. The number of hydrogen-bond acceptors (Lipinski definition) is 1. The first-order valence-corrected chi connectivity index (χ1v) is 5.78. The number of fused-ring (bicyclic) bond motifs is 1. The lowest BCUT2D eigenvalue weighted by molar-refractivity contribution is 0.349. The SMILES string of the molecule is Cc1cc(C)c2c(c1)CNCC(C)(C)C2. The molecule has 82 valence electrons. The van der Waals surface area contributed by atoms with Crippen LogP contribution < -0.4 is 5.32 Å². The second kappa shape index (κ2) is 3.64. The molecule has 15 heavy (non-hydrogen) atoms. The Morgan fingerprint density at radius 2 is 1.93 bits per heavy atom. The van der Waals surface area contributed by atoms with Gasteiger partial charge in [0.15, 0.2) is 0 Å². The molecule has 1 nitrogen and oxygen atoms in total. The van der Waals surface area contributed by atoms with Crippen LogP contribution in [-0.4, -0.2) is 6.54 Å². The van der Waals surface area contributed by atoms with Crippen molar-refractivity contribution in [1.29, 1.82) is 0 Å². The van der Waals surface area contributed by atoms with E-state index < -0.39 is 0 Å². The standard InChI is InChI=1S/C14H21N/c1-10-5-11(2)13-7-14(3,4)9-15-8-12(13)6-10/h5-6,15H,7-9H2,1-4H3. The smallest absolute Gasteiger partial charge is 0.0208 e. The fourth-order valence-corrected chi connectivity index (χ4v) is 2.57. The molecule has 0 fully saturated rings. The molecule has 1 heterocycles. The topological polar surface area (TPSA) is 12.0 Å². The molecule has 0 unspecified atom stereocenters. The first-order valence-electron chi connectivity index (χ1n) is 5.78. The van der Waals surface area contributed by atoms with Crippen molar-refractivity contribution >= 4 is 0 Å². The molecule has 2 rings (SSSR count). The van der Waals surface area contributed by atoms with E-state index in [-0.39, 0.29) is 0 Å². The summed E-state index contributed by atoms with van der Waals surface area (Å²) < 4.78 is 0. The Balaban J connectivity index is 2.47. The zero-order valence-electron chi connectivity index (χ0n) is 10.3. The first-order chi connectivity index (χ1) is 6.98. The van der Waals surface area contributed by atoms with Crippen LogP contribution in [0.3, 0.4) is 0 Å². The van der Waals surface area contributed by atoms with Gasteiger partial charge < -0.3 is 5.32 Å². The van der Waals surface area contributed by atoms with Crippen LogP contribution in [-0.2, 0) is 13.0 Å². The minimum absolute atomic E-state index is 0.380. The number of aryl methyl sites for hydroxylation is 2. The molecule has 0 radical (unpaired) electrons. The highest BCUT2D eigenvalue weighted by molar-refractivity contribution is 5.39. The zero-order chi connectivity index (χ0) is 11.1. The second-order valence-electron chi connectivity index (χ2n) is 5.66. The van der Waals surface area contributed by atoms with Crippen LogP contribution in [0.1, 0.15) is 36.1 Å². The molecule has 0 atom stereocenters. The third-order valence-electron chi connectivity index (χ3n) is 3.28. The Morgan fingerprint density at radius 1 is 1.20 bits per heavy atom. The van der Waals surface area contributed by atoms with Gasteiger partial charge in [0.05, 0.1) is 0 Å². The van der Waals surface area contributed by atoms with Crippen LogP contribution >= 0.6 is 0 Å². The molecule has 0 amide bonds. The molecular weight excluding hydrogens is 182 g/mol. The van der Waals surface area contributed by atoms with Crippen LogP contribution in [0.2, 0.25) is 0 Å². The van der Waals surface area contributed by atoms with Crippen molar-refractivity contribution in [3.05, 3.63) is 34.4 Å². The van der Waals surface area contributed by atoms with E-state index in [0.29, 0.717) is 5.41 Å². The number of nitrogens with one attached hydrogen (secondary N) is 1. The summed E-state index contributed by atoms with van der Waals surface area (Å²) in [6.45, 7) is 11.3. The summed E-state index contributed by atoms with van der Waals surface area (Å²) in [4.78, 5) is 0. The van der Waals surface area contributed by atoms with Crippen molar-refractivity contribution in [1.82, 2.24) is 5.32 Å². The van der Waals surface area contributed by atoms with Crippen molar-refractivity contribution in [2.24, 2.45) is 5.41 Å². The minimum Gasteiger partial charge on any atom is -0.312 e. The summed E-state index contributed by atoms with van der Waals surface area (Å²) in [7, 11) is 0. The largest absolute Gasteiger partial charge is 0.312 e. The highest BCUT2D eigenvalue weighted by atomic mass is 14.9. The molecule has 1 N–H and O–H groups in total. The Morgan fingerprint density at radius 3 is 2.67 bits per heavy atom. The molecule has 1 aliphatic rings. The van der Waals surface area contributed by atoms with Gasteiger partial charge in [-0.25, -0.2) is 0 Å². The van der Waals surface area contributed by atoms with Gasteiger partial charge >= 0.3 is 0 Å². The monoisotopic (exact) mass is 203 g/mol. The molecule has 0 aliphatic carbocycles. The average molecular weight is 203 g/mol. The van der Waals surface area contributed by atoms with Crippen molar-refractivity contribution in [2.75, 3.05) is 6.54 Å². The van der Waals surface area contributed by atoms with Gasteiger partial charge in [-0.1, -0.05) is 31.5 Å². The lowest BCUT2D eigenvalue weighted by atomic mass is 9.83. The molecule has 1 heteroatoms. The fraction of sp³-hybridized carbons (Fsp3) is 0.571. The van der Waals surface area contributed by atoms with Gasteiger partial charge in [-0.15, -0.1) is 0 Å². The van der Waals surface area contributed by atoms with Crippen LogP contribution in [0, 0.1) is 19.3 Å². The second-order valence-corrected chi connectivity index (χ2v) is 5.66. The lowest BCUT2D eigenvalue weighted by Gasteiger charge is -2.23. The molecule has 0 aromatic heterocycles. The van der Waals surface area contributed by atoms with Crippen molar-refractivity contribution in [3.8, 4) is 0 Å². The maximum Gasteiger partial charge on any atom is 0.0208 e. The Labute approximate surface area is 92.9 Å². The molecule has 1 aromatic rings. The summed E-state index contributed by atoms with van der Waals surface area (Å²) in [6.07, 6.45) is 1.20. The normalized spacial score (nSPS) is 19.5. The third kappa shape index (κ3) is 2.23. The molecule has 0 saturated carbocycles. The summed E-state index contributed by atoms with van der Waals surface area (Å²) in [5.74, 6) is 0. The van der Waals surface area contributed by atoms with E-state index in [2.05, 4.69) is 45.1 Å². The quantitative estimate of drug-likeness (QED) is 0.683. The third-order valence-corrected chi connectivity index (χ3v) is 3.28. The molecule has 1 aromatic carbocycles. The van der Waals surface area contributed by atoms with Gasteiger partial charge in [-0.2, -0.15) is 0 Å². The molecular formula is C14H21N. The summed E-state index contributed by atoms with van der Waals surface area (Å²) in [5.41, 5.74) is 6.29. The summed E-state index contributed by atoms with van der Waals surface area (Å²) in [5, 5.41) is 3.55. The van der Waals surface area contributed by atoms with E-state index in [9.17, 15) is 0 Å². The van der Waals surface area contributed by atoms with Crippen LogP contribution in [0.25, 0.3) is 0 Å². The summed E-state index contributed by atoms with van der Waals surface area (Å²) >= 11 is 0. The van der Waals surface area contributed by atoms with E-state index in [1.54, 1.807) is 5.56 Å². The van der Waals surface area contributed by atoms with Gasteiger partial charge in [-0.3, -0.25) is 0 Å². The zero-order valence-corrected chi connectivity index (χ0v) is 10.3. The van der Waals surface area contributed by atoms with Gasteiger partial charge in [0.25, 0.3) is 0 Å². The van der Waals surface area contributed by atoms with Crippen LogP contribution in [0.15, 0.2) is 12.1 Å². The van der Waals surface area contributed by atoms with Gasteiger partial charge in [0.2, 0.25) is 0 Å². The van der Waals surface area contributed by atoms with Crippen molar-refractivity contribution in [3.63, 3.8) is 0 Å². The maximum atomic E-state index is 3.55. The van der Waals surface area contributed by atoms with Gasteiger partial charge in [-0.05, 0) is 42.4 Å². The number of hydrogen-bond donors (Lipinski definition) is 1. The fourth-order valence-electron chi connectivity index (χ4n) is 2.57. The van der Waals surface area contributed by atoms with E-state index in [4.69, 9.17) is 0 Å². The molecule has 0 spiro atoms. The van der Waals surface area contributed by atoms with E-state index in [1.165, 1.54) is 23.1 Å². The first kappa shape index (κ1) is 10.7. The van der Waals surface area contributed by atoms with E-state index >= 15 is 0 Å². The maximum absolute atomic E-state index is 3.55. The highest BCUT2D eigenvalue weighted by Crippen LogP contribution is 2.29. The van der Waals surface area contributed by atoms with Gasteiger partial charge in [0, 0.05) is 13.1 Å². The van der Waals surface area contributed by atoms with E-state index in [1.807, 2.05) is 0 Å². The average Bonchev–Trinajstić information content (AvgIpc) is 2.23. The van der Waals surface area contributed by atoms with Crippen molar-refractivity contribution < 1.29 is 0 Å². The predicted octanol–water partition coefficient (Wildman–Crippen LogP) is 2.98. The van der Waals surface area contributed by atoms with Crippen LogP contribution in [0.4, 0.5) is 0 Å². The highest BCUT2D eigenvalue weighted by Gasteiger charge is 2.23. The predicted molar refractivity (Wildman–Crippen MR) is 65.1 cm³/mol. The van der Waals surface area contributed by atoms with E-state index in [0.717, 1.165) is 13.1 Å². The summed E-state index contributed by atoms with van der Waals surface area (Å²) in [6, 6.07) is 4.64. The lowest BCUT2D eigenvalue weighted by Crippen LogP contribution is -2.27.